The van der Waals surface area contributed by atoms with Crippen molar-refractivity contribution in [2.45, 2.75) is 58.5 Å². The maximum atomic E-state index is 13.0. The van der Waals surface area contributed by atoms with E-state index in [4.69, 9.17) is 4.74 Å². The van der Waals surface area contributed by atoms with Gasteiger partial charge in [0.15, 0.2) is 6.61 Å². The van der Waals surface area contributed by atoms with Crippen LogP contribution in [-0.2, 0) is 14.3 Å². The molecule has 2 N–H and O–H groups in total. The molecule has 0 spiro atoms. The Morgan fingerprint density at radius 2 is 1.79 bits per heavy atom. The average molecular weight is 392 g/mol. The molecule has 0 radical (unpaired) electrons. The summed E-state index contributed by atoms with van der Waals surface area (Å²) in [7, 11) is 0. The molecule has 28 heavy (non-hydrogen) atoms. The number of hydrogen-bond acceptors (Lipinski definition) is 4. The number of carbonyl (C=O) groups is 3. The minimum Gasteiger partial charge on any atom is -0.454 e. The molecule has 1 aromatic carbocycles. The minimum atomic E-state index is -0.904. The lowest BCUT2D eigenvalue weighted by Crippen LogP contribution is -2.47. The number of benzene rings is 1. The number of hydrogen-bond donors (Lipinski definition) is 2. The Morgan fingerprint density at radius 1 is 1.14 bits per heavy atom. The lowest BCUT2D eigenvalue weighted by atomic mass is 9.86. The van der Waals surface area contributed by atoms with Crippen LogP contribution in [0.2, 0.25) is 0 Å². The summed E-state index contributed by atoms with van der Waals surface area (Å²) in [6.45, 7) is 5.26. The monoisotopic (exact) mass is 392 g/mol. The molecule has 0 saturated heterocycles. The van der Waals surface area contributed by atoms with Gasteiger partial charge in [-0.2, -0.15) is 0 Å². The summed E-state index contributed by atoms with van der Waals surface area (Å²) >= 11 is 0. The molecule has 2 rings (SSSR count). The van der Waals surface area contributed by atoms with Crippen molar-refractivity contribution in [2.75, 3.05) is 6.61 Å². The normalized spacial score (nSPS) is 20.3. The summed E-state index contributed by atoms with van der Waals surface area (Å²) < 4.78 is 18.1. The molecule has 0 heterocycles. The minimum absolute atomic E-state index is 0.110. The van der Waals surface area contributed by atoms with Gasteiger partial charge in [-0.05, 0) is 48.9 Å². The highest BCUT2D eigenvalue weighted by atomic mass is 19.1. The Labute approximate surface area is 165 Å². The fourth-order valence-corrected chi connectivity index (χ4v) is 3.33. The first-order chi connectivity index (χ1) is 13.3. The third-order valence-electron chi connectivity index (χ3n) is 5.12. The first kappa shape index (κ1) is 21.9. The topological polar surface area (TPSA) is 84.5 Å². The molecule has 0 aliphatic heterocycles. The maximum Gasteiger partial charge on any atom is 0.329 e. The molecular weight excluding hydrogens is 363 g/mol. The lowest BCUT2D eigenvalue weighted by molar-refractivity contribution is -0.151. The average Bonchev–Trinajstić information content (AvgIpc) is 2.66. The van der Waals surface area contributed by atoms with Crippen molar-refractivity contribution in [3.05, 3.63) is 35.6 Å². The second kappa shape index (κ2) is 10.2. The van der Waals surface area contributed by atoms with Crippen molar-refractivity contribution in [1.29, 1.82) is 0 Å². The number of ether oxygens (including phenoxy) is 1. The van der Waals surface area contributed by atoms with Gasteiger partial charge in [-0.25, -0.2) is 9.18 Å². The van der Waals surface area contributed by atoms with Gasteiger partial charge in [0.2, 0.25) is 0 Å². The van der Waals surface area contributed by atoms with Crippen LogP contribution in [0, 0.1) is 17.7 Å². The number of carbonyl (C=O) groups excluding carboxylic acids is 3. The summed E-state index contributed by atoms with van der Waals surface area (Å²) in [6, 6.07) is 4.23. The summed E-state index contributed by atoms with van der Waals surface area (Å²) in [5, 5.41) is 5.52. The molecule has 0 unspecified atom stereocenters. The van der Waals surface area contributed by atoms with Crippen molar-refractivity contribution in [1.82, 2.24) is 10.6 Å². The van der Waals surface area contributed by atoms with Gasteiger partial charge >= 0.3 is 5.97 Å². The predicted molar refractivity (Wildman–Crippen MR) is 103 cm³/mol. The first-order valence-electron chi connectivity index (χ1n) is 9.80. The lowest BCUT2D eigenvalue weighted by Gasteiger charge is -2.29. The van der Waals surface area contributed by atoms with Crippen LogP contribution < -0.4 is 10.6 Å². The van der Waals surface area contributed by atoms with Gasteiger partial charge < -0.3 is 15.4 Å². The maximum absolute atomic E-state index is 13.0. The summed E-state index contributed by atoms with van der Waals surface area (Å²) in [5.74, 6) is -1.78. The van der Waals surface area contributed by atoms with E-state index in [0.717, 1.165) is 19.3 Å². The van der Waals surface area contributed by atoms with E-state index < -0.39 is 23.7 Å². The highest BCUT2D eigenvalue weighted by Crippen LogP contribution is 2.23. The van der Waals surface area contributed by atoms with Gasteiger partial charge in [-0.3, -0.25) is 9.59 Å². The van der Waals surface area contributed by atoms with E-state index >= 15 is 0 Å². The fourth-order valence-electron chi connectivity index (χ4n) is 3.33. The van der Waals surface area contributed by atoms with Crippen LogP contribution >= 0.6 is 0 Å². The van der Waals surface area contributed by atoms with Crippen LogP contribution in [0.25, 0.3) is 0 Å². The predicted octanol–water partition coefficient (Wildman–Crippen LogP) is 2.82. The SMILES string of the molecule is CC(C)[C@H](NC(=O)c1ccc(F)cc1)C(=O)OCC(=O)N[C@H]1CCCC[C@@H]1C. The molecule has 0 bridgehead atoms. The smallest absolute Gasteiger partial charge is 0.329 e. The summed E-state index contributed by atoms with van der Waals surface area (Å²) in [5.41, 5.74) is 0.240. The van der Waals surface area contributed by atoms with Crippen LogP contribution in [-0.4, -0.2) is 36.5 Å². The van der Waals surface area contributed by atoms with E-state index in [1.807, 2.05) is 0 Å². The van der Waals surface area contributed by atoms with Crippen LogP contribution in [0.15, 0.2) is 24.3 Å². The molecule has 1 fully saturated rings. The van der Waals surface area contributed by atoms with Crippen LogP contribution in [0.4, 0.5) is 4.39 Å². The largest absolute Gasteiger partial charge is 0.454 e. The van der Waals surface area contributed by atoms with E-state index in [-0.39, 0.29) is 30.0 Å². The standard InChI is InChI=1S/C21H29FN2O4/c1-13(2)19(24-20(26)15-8-10-16(22)11-9-15)21(27)28-12-18(25)23-17-7-5-4-6-14(17)3/h8-11,13-14,17,19H,4-7,12H2,1-3H3,(H,23,25)(H,24,26)/t14-,17-,19-/m0/s1. The molecule has 0 aromatic heterocycles. The van der Waals surface area contributed by atoms with E-state index in [0.29, 0.717) is 5.92 Å². The Morgan fingerprint density at radius 3 is 2.39 bits per heavy atom. The van der Waals surface area contributed by atoms with Crippen molar-refractivity contribution in [3.8, 4) is 0 Å². The molecule has 1 saturated carbocycles. The molecule has 1 aromatic rings. The van der Waals surface area contributed by atoms with Gasteiger partial charge in [-0.15, -0.1) is 0 Å². The van der Waals surface area contributed by atoms with E-state index in [1.54, 1.807) is 13.8 Å². The summed E-state index contributed by atoms with van der Waals surface area (Å²) in [4.78, 5) is 36.8. The number of esters is 1. The molecule has 7 heteroatoms. The zero-order valence-electron chi connectivity index (χ0n) is 16.7. The van der Waals surface area contributed by atoms with E-state index in [1.165, 1.54) is 30.7 Å². The van der Waals surface area contributed by atoms with E-state index in [2.05, 4.69) is 17.6 Å². The zero-order chi connectivity index (χ0) is 20.7. The highest BCUT2D eigenvalue weighted by molar-refractivity contribution is 5.97. The molecule has 1 aliphatic carbocycles. The molecule has 6 nitrogen and oxygen atoms in total. The Balaban J connectivity index is 1.87. The Hall–Kier alpha value is -2.44. The second-order valence-corrected chi connectivity index (χ2v) is 7.75. The number of nitrogens with one attached hydrogen (secondary N) is 2. The van der Waals surface area contributed by atoms with Gasteiger partial charge in [0.1, 0.15) is 11.9 Å². The molecule has 3 atom stereocenters. The quantitative estimate of drug-likeness (QED) is 0.699. The van der Waals surface area contributed by atoms with Gasteiger partial charge in [0.25, 0.3) is 11.8 Å². The van der Waals surface area contributed by atoms with Crippen LogP contribution in [0.5, 0.6) is 0 Å². The fraction of sp³-hybridized carbons (Fsp3) is 0.571. The molecule has 154 valence electrons. The van der Waals surface area contributed by atoms with Crippen molar-refractivity contribution in [3.63, 3.8) is 0 Å². The highest BCUT2D eigenvalue weighted by Gasteiger charge is 2.28. The molecule has 2 amide bonds. The van der Waals surface area contributed by atoms with Gasteiger partial charge in [0.05, 0.1) is 0 Å². The number of rotatable bonds is 7. The Kier molecular flexibility index (Phi) is 7.96. The second-order valence-electron chi connectivity index (χ2n) is 7.75. The van der Waals surface area contributed by atoms with E-state index in [9.17, 15) is 18.8 Å². The van der Waals surface area contributed by atoms with Crippen molar-refractivity contribution in [2.24, 2.45) is 11.8 Å². The Bertz CT molecular complexity index is 690. The van der Waals surface area contributed by atoms with Gasteiger partial charge in [0, 0.05) is 11.6 Å². The molecule has 1 aliphatic rings. The summed E-state index contributed by atoms with van der Waals surface area (Å²) in [6.07, 6.45) is 4.27. The van der Waals surface area contributed by atoms with Crippen molar-refractivity contribution >= 4 is 17.8 Å². The third kappa shape index (κ3) is 6.32. The van der Waals surface area contributed by atoms with Crippen LogP contribution in [0.3, 0.4) is 0 Å². The van der Waals surface area contributed by atoms with Crippen LogP contribution in [0.1, 0.15) is 56.8 Å². The van der Waals surface area contributed by atoms with Gasteiger partial charge in [-0.1, -0.05) is 33.6 Å². The third-order valence-corrected chi connectivity index (χ3v) is 5.12. The zero-order valence-corrected chi connectivity index (χ0v) is 16.7. The molecular formula is C21H29FN2O4. The van der Waals surface area contributed by atoms with Crippen molar-refractivity contribution < 1.29 is 23.5 Å². The number of halogens is 1. The first-order valence-corrected chi connectivity index (χ1v) is 9.80. The number of amides is 2.